The van der Waals surface area contributed by atoms with Gasteiger partial charge in [0.25, 0.3) is 5.91 Å². The number of benzene rings is 3. The van der Waals surface area contributed by atoms with E-state index in [0.717, 1.165) is 14.7 Å². The molecule has 204 valence electrons. The van der Waals surface area contributed by atoms with Crippen LogP contribution in [0.5, 0.6) is 5.75 Å². The third kappa shape index (κ3) is 6.34. The maximum absolute atomic E-state index is 13.8. The molecule has 1 aliphatic heterocycles. The Morgan fingerprint density at radius 1 is 1.10 bits per heavy atom. The van der Waals surface area contributed by atoms with Crippen molar-refractivity contribution in [1.29, 1.82) is 0 Å². The van der Waals surface area contributed by atoms with Crippen molar-refractivity contribution in [3.8, 4) is 5.75 Å². The van der Waals surface area contributed by atoms with E-state index in [2.05, 4.69) is 22.6 Å². The fourth-order valence-corrected chi connectivity index (χ4v) is 5.49. The lowest BCUT2D eigenvalue weighted by atomic mass is 9.83. The second-order valence-electron chi connectivity index (χ2n) is 9.62. The summed E-state index contributed by atoms with van der Waals surface area (Å²) >= 11 is 2.24. The summed E-state index contributed by atoms with van der Waals surface area (Å²) in [6, 6.07) is 22.8. The Hall–Kier alpha value is -3.21. The van der Waals surface area contributed by atoms with E-state index in [9.17, 15) is 19.8 Å². The molecule has 0 saturated carbocycles. The number of methoxy groups -OCH3 is 1. The summed E-state index contributed by atoms with van der Waals surface area (Å²) in [5.74, 6) is -0.643. The number of aliphatic hydroxyl groups excluding tert-OH is 1. The van der Waals surface area contributed by atoms with Crippen molar-refractivity contribution in [2.24, 2.45) is 5.92 Å². The average Bonchev–Trinajstić information content (AvgIpc) is 3.15. The van der Waals surface area contributed by atoms with E-state index < -0.39 is 17.4 Å². The molecule has 0 radical (unpaired) electrons. The van der Waals surface area contributed by atoms with Crippen molar-refractivity contribution in [1.82, 2.24) is 4.90 Å². The Kier molecular flexibility index (Phi) is 9.42. The fourth-order valence-electron chi connectivity index (χ4n) is 4.89. The molecule has 0 aromatic heterocycles. The molecule has 0 bridgehead atoms. The van der Waals surface area contributed by atoms with Crippen molar-refractivity contribution >= 4 is 40.1 Å². The number of fused-ring (bicyclic) bond motifs is 1. The van der Waals surface area contributed by atoms with Gasteiger partial charge in [-0.1, -0.05) is 61.5 Å². The number of hydrogen-bond acceptors (Lipinski definition) is 5. The number of nitrogens with zero attached hydrogens (tertiary/aromatic N) is 2. The van der Waals surface area contributed by atoms with Crippen LogP contribution in [0.2, 0.25) is 0 Å². The highest BCUT2D eigenvalue weighted by atomic mass is 127. The predicted octanol–water partition coefficient (Wildman–Crippen LogP) is 4.64. The van der Waals surface area contributed by atoms with Gasteiger partial charge in [-0.15, -0.1) is 0 Å². The van der Waals surface area contributed by atoms with E-state index in [1.807, 2.05) is 54.6 Å². The van der Waals surface area contributed by atoms with Crippen molar-refractivity contribution in [2.45, 2.75) is 32.0 Å². The second kappa shape index (κ2) is 12.8. The monoisotopic (exact) mass is 640 g/mol. The van der Waals surface area contributed by atoms with Gasteiger partial charge < -0.3 is 24.7 Å². The molecule has 3 aromatic rings. The number of carbonyl (C=O) groups is 2. The first-order valence-electron chi connectivity index (χ1n) is 12.8. The van der Waals surface area contributed by atoms with Gasteiger partial charge in [-0.3, -0.25) is 9.59 Å². The molecule has 2 atom stereocenters. The molecule has 3 aromatic carbocycles. The standard InChI is InChI=1S/C31H33IN2O5/c1-22(8-6-13-29(36)33(16-17-35)20-23-9-4-3-5-10-23)31(38)27-19-26(39-2)14-15-28(27)34(30(31)37)21-24-11-7-12-25(32)18-24/h3-12,14-15,18-19,22,35,38H,13,16-17,20-21H2,1-2H3/b8-6+/t22-,31+/m1/s1. The number of carbonyl (C=O) groups excluding carboxylic acids is 2. The molecular weight excluding hydrogens is 607 g/mol. The van der Waals surface area contributed by atoms with Crippen LogP contribution in [0.25, 0.3) is 0 Å². The van der Waals surface area contributed by atoms with Gasteiger partial charge >= 0.3 is 0 Å². The summed E-state index contributed by atoms with van der Waals surface area (Å²) < 4.78 is 6.46. The Morgan fingerprint density at radius 2 is 1.85 bits per heavy atom. The molecular formula is C31H33IN2O5. The van der Waals surface area contributed by atoms with Crippen molar-refractivity contribution < 1.29 is 24.5 Å². The molecule has 2 amide bonds. The molecule has 8 heteroatoms. The number of amides is 2. The van der Waals surface area contributed by atoms with Crippen LogP contribution >= 0.6 is 22.6 Å². The van der Waals surface area contributed by atoms with Gasteiger partial charge in [-0.2, -0.15) is 0 Å². The Balaban J connectivity index is 1.55. The van der Waals surface area contributed by atoms with E-state index >= 15 is 0 Å². The molecule has 2 N–H and O–H groups in total. The SMILES string of the molecule is COc1ccc2c(c1)[C@@](O)([C@H](C)/C=C/CC(=O)N(CCO)Cc1ccccc1)C(=O)N2Cc1cccc(I)c1. The zero-order valence-corrected chi connectivity index (χ0v) is 24.2. The second-order valence-corrected chi connectivity index (χ2v) is 10.9. The maximum atomic E-state index is 13.8. The highest BCUT2D eigenvalue weighted by molar-refractivity contribution is 14.1. The summed E-state index contributed by atoms with van der Waals surface area (Å²) in [4.78, 5) is 30.0. The van der Waals surface area contributed by atoms with Crippen LogP contribution in [0.3, 0.4) is 0 Å². The van der Waals surface area contributed by atoms with Crippen molar-refractivity contribution in [2.75, 3.05) is 25.2 Å². The van der Waals surface area contributed by atoms with Crippen LogP contribution in [0.1, 0.15) is 30.0 Å². The average molecular weight is 641 g/mol. The van der Waals surface area contributed by atoms with Crippen molar-refractivity contribution in [3.63, 3.8) is 0 Å². The molecule has 0 spiro atoms. The Morgan fingerprint density at radius 3 is 2.54 bits per heavy atom. The topological polar surface area (TPSA) is 90.3 Å². The Labute approximate surface area is 242 Å². The highest BCUT2D eigenvalue weighted by Crippen LogP contribution is 2.47. The first-order chi connectivity index (χ1) is 18.8. The lowest BCUT2D eigenvalue weighted by Crippen LogP contribution is -2.44. The van der Waals surface area contributed by atoms with Crippen LogP contribution in [0.4, 0.5) is 5.69 Å². The van der Waals surface area contributed by atoms with Gasteiger partial charge in [0.15, 0.2) is 5.60 Å². The highest BCUT2D eigenvalue weighted by Gasteiger charge is 2.52. The van der Waals surface area contributed by atoms with Crippen molar-refractivity contribution in [3.05, 3.63) is 105 Å². The number of rotatable bonds is 11. The van der Waals surface area contributed by atoms with E-state index in [1.54, 1.807) is 54.2 Å². The van der Waals surface area contributed by atoms with Gasteiger partial charge in [0.1, 0.15) is 5.75 Å². The van der Waals surface area contributed by atoms with Crippen LogP contribution in [0, 0.1) is 9.49 Å². The summed E-state index contributed by atoms with van der Waals surface area (Å²) in [6.07, 6.45) is 3.49. The fraction of sp³-hybridized carbons (Fsp3) is 0.290. The number of anilines is 1. The summed E-state index contributed by atoms with van der Waals surface area (Å²) in [6.45, 7) is 2.57. The van der Waals surface area contributed by atoms with Gasteiger partial charge in [-0.25, -0.2) is 0 Å². The van der Waals surface area contributed by atoms with Crippen LogP contribution in [0.15, 0.2) is 84.9 Å². The maximum Gasteiger partial charge on any atom is 0.264 e. The van der Waals surface area contributed by atoms with Crippen LogP contribution in [-0.4, -0.2) is 47.2 Å². The van der Waals surface area contributed by atoms with E-state index in [-0.39, 0.29) is 25.5 Å². The van der Waals surface area contributed by atoms with E-state index in [4.69, 9.17) is 4.74 Å². The minimum atomic E-state index is -1.82. The lowest BCUT2D eigenvalue weighted by Gasteiger charge is -2.28. The molecule has 0 saturated heterocycles. The lowest BCUT2D eigenvalue weighted by molar-refractivity contribution is -0.139. The predicted molar refractivity (Wildman–Crippen MR) is 159 cm³/mol. The van der Waals surface area contributed by atoms with Gasteiger partial charge in [0, 0.05) is 34.6 Å². The first kappa shape index (κ1) is 28.8. The molecule has 7 nitrogen and oxygen atoms in total. The molecule has 4 rings (SSSR count). The number of aliphatic hydroxyl groups is 2. The summed E-state index contributed by atoms with van der Waals surface area (Å²) in [7, 11) is 1.55. The quantitative estimate of drug-likeness (QED) is 0.236. The zero-order chi connectivity index (χ0) is 28.0. The largest absolute Gasteiger partial charge is 0.497 e. The molecule has 0 unspecified atom stereocenters. The first-order valence-corrected chi connectivity index (χ1v) is 13.9. The summed E-state index contributed by atoms with van der Waals surface area (Å²) in [5, 5.41) is 21.4. The third-order valence-corrected chi connectivity index (χ3v) is 7.69. The number of ether oxygens (including phenoxy) is 1. The minimum absolute atomic E-state index is 0.0819. The Bertz CT molecular complexity index is 1350. The van der Waals surface area contributed by atoms with Gasteiger partial charge in [0.05, 0.1) is 25.9 Å². The molecule has 0 aliphatic carbocycles. The molecule has 0 fully saturated rings. The molecule has 39 heavy (non-hydrogen) atoms. The third-order valence-electron chi connectivity index (χ3n) is 7.02. The number of hydrogen-bond donors (Lipinski definition) is 2. The van der Waals surface area contributed by atoms with Crippen LogP contribution in [-0.2, 0) is 28.3 Å². The summed E-state index contributed by atoms with van der Waals surface area (Å²) in [5.41, 5.74) is 1.22. The van der Waals surface area contributed by atoms with E-state index in [1.165, 1.54) is 0 Å². The van der Waals surface area contributed by atoms with Gasteiger partial charge in [-0.05, 0) is 64.0 Å². The molecule has 1 heterocycles. The zero-order valence-electron chi connectivity index (χ0n) is 22.1. The normalized spacial score (nSPS) is 17.4. The molecule has 1 aliphatic rings. The smallest absolute Gasteiger partial charge is 0.264 e. The minimum Gasteiger partial charge on any atom is -0.497 e. The van der Waals surface area contributed by atoms with Crippen LogP contribution < -0.4 is 9.64 Å². The van der Waals surface area contributed by atoms with Gasteiger partial charge in [0.2, 0.25) is 5.91 Å². The van der Waals surface area contributed by atoms with E-state index in [0.29, 0.717) is 30.1 Å². The number of halogens is 1.